The Bertz CT molecular complexity index is 826. The van der Waals surface area contributed by atoms with Gasteiger partial charge in [0.25, 0.3) is 0 Å². The van der Waals surface area contributed by atoms with Gasteiger partial charge < -0.3 is 15.1 Å². The highest BCUT2D eigenvalue weighted by molar-refractivity contribution is 7.11. The van der Waals surface area contributed by atoms with E-state index in [-0.39, 0.29) is 12.6 Å². The quantitative estimate of drug-likeness (QED) is 0.744. The van der Waals surface area contributed by atoms with Gasteiger partial charge in [0.05, 0.1) is 30.0 Å². The minimum Gasteiger partial charge on any atom is -0.439 e. The van der Waals surface area contributed by atoms with E-state index in [4.69, 9.17) is 4.42 Å². The number of hydrogen-bond donors (Lipinski definition) is 2. The number of urea groups is 1. The van der Waals surface area contributed by atoms with Crippen LogP contribution in [0.15, 0.2) is 40.9 Å². The summed E-state index contributed by atoms with van der Waals surface area (Å²) in [7, 11) is 0. The molecule has 2 aromatic heterocycles. The molecule has 0 aliphatic rings. The first kappa shape index (κ1) is 16.2. The zero-order chi connectivity index (χ0) is 16.9. The van der Waals surface area contributed by atoms with Gasteiger partial charge in [-0.3, -0.25) is 0 Å². The summed E-state index contributed by atoms with van der Waals surface area (Å²) < 4.78 is 5.64. The number of aromatic nitrogens is 2. The van der Waals surface area contributed by atoms with Crippen molar-refractivity contribution in [1.29, 1.82) is 0 Å². The first-order valence-electron chi connectivity index (χ1n) is 7.56. The fourth-order valence-corrected chi connectivity index (χ4v) is 3.08. The molecular weight excluding hydrogens is 324 g/mol. The number of hydrogen-bond acceptors (Lipinski definition) is 5. The van der Waals surface area contributed by atoms with Crippen LogP contribution in [0, 0.1) is 13.8 Å². The van der Waals surface area contributed by atoms with Gasteiger partial charge in [0.1, 0.15) is 0 Å². The van der Waals surface area contributed by atoms with Gasteiger partial charge in [-0.15, -0.1) is 11.3 Å². The fraction of sp³-hybridized carbons (Fsp3) is 0.235. The van der Waals surface area contributed by atoms with E-state index in [2.05, 4.69) is 20.6 Å². The number of nitrogens with zero attached hydrogens (tertiary/aromatic N) is 2. The Morgan fingerprint density at radius 3 is 2.62 bits per heavy atom. The first-order chi connectivity index (χ1) is 11.6. The molecule has 1 aromatic carbocycles. The highest BCUT2D eigenvalue weighted by Gasteiger charge is 2.09. The average molecular weight is 342 g/mol. The van der Waals surface area contributed by atoms with Crippen LogP contribution in [0.1, 0.15) is 21.5 Å². The Morgan fingerprint density at radius 2 is 1.92 bits per heavy atom. The van der Waals surface area contributed by atoms with Crippen molar-refractivity contribution in [3.63, 3.8) is 0 Å². The standard InChI is InChI=1S/C17H18N4O2S/c1-11-14(21-12(2)24-11)8-19-17(22)20-10-16-18-9-15(23-16)13-6-4-3-5-7-13/h3-7,9H,8,10H2,1-2H3,(H2,19,20,22). The summed E-state index contributed by atoms with van der Waals surface area (Å²) in [6, 6.07) is 9.43. The van der Waals surface area contributed by atoms with Crippen LogP contribution in [0.5, 0.6) is 0 Å². The monoisotopic (exact) mass is 342 g/mol. The molecule has 0 spiro atoms. The predicted octanol–water partition coefficient (Wildman–Crippen LogP) is 3.41. The smallest absolute Gasteiger partial charge is 0.315 e. The summed E-state index contributed by atoms with van der Waals surface area (Å²) >= 11 is 1.62. The fourth-order valence-electron chi connectivity index (χ4n) is 2.25. The number of benzene rings is 1. The average Bonchev–Trinajstić information content (AvgIpc) is 3.18. The number of carbonyl (C=O) groups excluding carboxylic acids is 1. The maximum absolute atomic E-state index is 11.9. The van der Waals surface area contributed by atoms with Crippen molar-refractivity contribution in [1.82, 2.24) is 20.6 Å². The number of thiazole rings is 1. The van der Waals surface area contributed by atoms with E-state index in [1.165, 1.54) is 0 Å². The number of rotatable bonds is 5. The molecule has 2 heterocycles. The normalized spacial score (nSPS) is 10.6. The SMILES string of the molecule is Cc1nc(CNC(=O)NCc2ncc(-c3ccccc3)o2)c(C)s1. The van der Waals surface area contributed by atoms with E-state index >= 15 is 0 Å². The van der Waals surface area contributed by atoms with Crippen LogP contribution < -0.4 is 10.6 Å². The molecule has 0 radical (unpaired) electrons. The molecule has 0 aliphatic heterocycles. The van der Waals surface area contributed by atoms with Crippen molar-refractivity contribution in [2.24, 2.45) is 0 Å². The molecule has 0 unspecified atom stereocenters. The molecule has 3 aromatic rings. The Hall–Kier alpha value is -2.67. The highest BCUT2D eigenvalue weighted by Crippen LogP contribution is 2.19. The Balaban J connectivity index is 1.50. The minimum atomic E-state index is -0.278. The number of oxazole rings is 1. The lowest BCUT2D eigenvalue weighted by molar-refractivity contribution is 0.239. The molecule has 0 saturated heterocycles. The van der Waals surface area contributed by atoms with Crippen LogP contribution in [-0.4, -0.2) is 16.0 Å². The number of aryl methyl sites for hydroxylation is 2. The summed E-state index contributed by atoms with van der Waals surface area (Å²) in [5.74, 6) is 1.14. The third-order valence-electron chi connectivity index (χ3n) is 3.43. The molecule has 7 heteroatoms. The van der Waals surface area contributed by atoms with E-state index in [1.54, 1.807) is 17.5 Å². The second-order valence-electron chi connectivity index (χ2n) is 5.26. The third-order valence-corrected chi connectivity index (χ3v) is 4.36. The number of nitrogens with one attached hydrogen (secondary N) is 2. The lowest BCUT2D eigenvalue weighted by atomic mass is 10.2. The molecule has 0 bridgehead atoms. The van der Waals surface area contributed by atoms with Gasteiger partial charge in [-0.1, -0.05) is 30.3 Å². The van der Waals surface area contributed by atoms with Crippen LogP contribution >= 0.6 is 11.3 Å². The molecule has 0 fully saturated rings. The zero-order valence-corrected chi connectivity index (χ0v) is 14.3. The second kappa shape index (κ2) is 7.27. The molecule has 2 N–H and O–H groups in total. The van der Waals surface area contributed by atoms with Crippen LogP contribution in [0.2, 0.25) is 0 Å². The molecule has 24 heavy (non-hydrogen) atoms. The van der Waals surface area contributed by atoms with Gasteiger partial charge in [0.15, 0.2) is 5.76 Å². The van der Waals surface area contributed by atoms with Crippen LogP contribution in [0.25, 0.3) is 11.3 Å². The van der Waals surface area contributed by atoms with E-state index < -0.39 is 0 Å². The lowest BCUT2D eigenvalue weighted by Crippen LogP contribution is -2.34. The van der Waals surface area contributed by atoms with Gasteiger partial charge in [0, 0.05) is 10.4 Å². The van der Waals surface area contributed by atoms with Crippen LogP contribution in [0.3, 0.4) is 0 Å². The summed E-state index contributed by atoms with van der Waals surface area (Å²) in [4.78, 5) is 21.6. The van der Waals surface area contributed by atoms with Crippen molar-refractivity contribution < 1.29 is 9.21 Å². The van der Waals surface area contributed by atoms with Crippen molar-refractivity contribution in [3.8, 4) is 11.3 Å². The van der Waals surface area contributed by atoms with E-state index in [1.807, 2.05) is 44.2 Å². The topological polar surface area (TPSA) is 80.0 Å². The van der Waals surface area contributed by atoms with Crippen LogP contribution in [0.4, 0.5) is 4.79 Å². The zero-order valence-electron chi connectivity index (χ0n) is 13.5. The van der Waals surface area contributed by atoms with Gasteiger partial charge >= 0.3 is 6.03 Å². The van der Waals surface area contributed by atoms with Crippen molar-refractivity contribution in [3.05, 3.63) is 58.0 Å². The summed E-state index contributed by atoms with van der Waals surface area (Å²) in [5, 5.41) is 6.51. The Kier molecular flexibility index (Phi) is 4.90. The summed E-state index contributed by atoms with van der Waals surface area (Å²) in [6.07, 6.45) is 1.66. The Labute approximate surface area is 144 Å². The first-order valence-corrected chi connectivity index (χ1v) is 8.38. The third kappa shape index (κ3) is 3.99. The molecular formula is C17H18N4O2S. The van der Waals surface area contributed by atoms with Crippen molar-refractivity contribution in [2.45, 2.75) is 26.9 Å². The number of amides is 2. The van der Waals surface area contributed by atoms with E-state index in [0.717, 1.165) is 21.1 Å². The molecule has 124 valence electrons. The summed E-state index contributed by atoms with van der Waals surface area (Å²) in [5.41, 5.74) is 1.85. The summed E-state index contributed by atoms with van der Waals surface area (Å²) in [6.45, 7) is 4.59. The molecule has 0 saturated carbocycles. The molecule has 0 atom stereocenters. The van der Waals surface area contributed by atoms with Crippen molar-refractivity contribution >= 4 is 17.4 Å². The predicted molar refractivity (Wildman–Crippen MR) is 92.6 cm³/mol. The maximum atomic E-state index is 11.9. The van der Waals surface area contributed by atoms with Gasteiger partial charge in [-0.25, -0.2) is 14.8 Å². The molecule has 0 aliphatic carbocycles. The highest BCUT2D eigenvalue weighted by atomic mass is 32.1. The minimum absolute atomic E-state index is 0.230. The van der Waals surface area contributed by atoms with Gasteiger partial charge in [-0.2, -0.15) is 0 Å². The van der Waals surface area contributed by atoms with E-state index in [0.29, 0.717) is 18.2 Å². The largest absolute Gasteiger partial charge is 0.439 e. The van der Waals surface area contributed by atoms with Gasteiger partial charge in [0.2, 0.25) is 5.89 Å². The molecule has 3 rings (SSSR count). The molecule has 2 amide bonds. The van der Waals surface area contributed by atoms with Gasteiger partial charge in [-0.05, 0) is 13.8 Å². The molecule has 6 nitrogen and oxygen atoms in total. The number of carbonyl (C=O) groups is 1. The lowest BCUT2D eigenvalue weighted by Gasteiger charge is -2.05. The second-order valence-corrected chi connectivity index (χ2v) is 6.66. The van der Waals surface area contributed by atoms with Crippen molar-refractivity contribution in [2.75, 3.05) is 0 Å². The maximum Gasteiger partial charge on any atom is 0.315 e. The van der Waals surface area contributed by atoms with Crippen LogP contribution in [-0.2, 0) is 13.1 Å². The Morgan fingerprint density at radius 1 is 1.17 bits per heavy atom. The van der Waals surface area contributed by atoms with E-state index in [9.17, 15) is 4.79 Å².